The van der Waals surface area contributed by atoms with Crippen LogP contribution in [0.25, 0.3) is 0 Å². The van der Waals surface area contributed by atoms with Crippen LogP contribution in [-0.4, -0.2) is 18.8 Å². The van der Waals surface area contributed by atoms with Gasteiger partial charge in [-0.05, 0) is 30.9 Å². The molecule has 1 aromatic carbocycles. The molecule has 0 aromatic heterocycles. The van der Waals surface area contributed by atoms with E-state index < -0.39 is 12.6 Å². The highest BCUT2D eigenvalue weighted by atomic mass is 32.2. The number of alkyl halides is 1. The third kappa shape index (κ3) is 2.96. The molecular formula is C11H13FO2S. The van der Waals surface area contributed by atoms with Crippen LogP contribution in [-0.2, 0) is 11.4 Å². The van der Waals surface area contributed by atoms with Crippen LogP contribution in [0, 0.1) is 0 Å². The second-order valence-electron chi connectivity index (χ2n) is 2.89. The second kappa shape index (κ2) is 5.75. The molecule has 0 unspecified atom stereocenters. The van der Waals surface area contributed by atoms with E-state index in [1.54, 1.807) is 25.1 Å². The molecule has 0 aliphatic heterocycles. The minimum atomic E-state index is -0.568. The molecular weight excluding hydrogens is 215 g/mol. The van der Waals surface area contributed by atoms with Crippen molar-refractivity contribution in [3.8, 4) is 0 Å². The van der Waals surface area contributed by atoms with E-state index in [9.17, 15) is 9.18 Å². The smallest absolute Gasteiger partial charge is 0.339 e. The van der Waals surface area contributed by atoms with Crippen LogP contribution in [0.5, 0.6) is 0 Å². The molecule has 0 bridgehead atoms. The number of halogens is 1. The van der Waals surface area contributed by atoms with Crippen LogP contribution >= 0.6 is 11.8 Å². The highest BCUT2D eigenvalue weighted by Crippen LogP contribution is 2.22. The van der Waals surface area contributed by atoms with Gasteiger partial charge in [0, 0.05) is 4.90 Å². The molecule has 2 nitrogen and oxygen atoms in total. The Hall–Kier alpha value is -1.03. The van der Waals surface area contributed by atoms with Crippen molar-refractivity contribution in [2.24, 2.45) is 0 Å². The Labute approximate surface area is 92.8 Å². The van der Waals surface area contributed by atoms with Crippen LogP contribution in [0.3, 0.4) is 0 Å². The van der Waals surface area contributed by atoms with Gasteiger partial charge in [0.1, 0.15) is 6.67 Å². The molecule has 15 heavy (non-hydrogen) atoms. The van der Waals surface area contributed by atoms with Crippen LogP contribution in [0.4, 0.5) is 4.39 Å². The number of carbonyl (C=O) groups excluding carboxylic acids is 1. The minimum absolute atomic E-state index is 0.326. The Morgan fingerprint density at radius 3 is 2.80 bits per heavy atom. The molecule has 0 N–H and O–H groups in total. The van der Waals surface area contributed by atoms with Crippen molar-refractivity contribution >= 4 is 17.7 Å². The molecule has 0 radical (unpaired) electrons. The first-order valence-corrected chi connectivity index (χ1v) is 5.85. The SMILES string of the molecule is CCOC(=O)c1cc(CF)ccc1SC. The van der Waals surface area contributed by atoms with Gasteiger partial charge in [0.2, 0.25) is 0 Å². The molecule has 4 heteroatoms. The van der Waals surface area contributed by atoms with E-state index in [0.29, 0.717) is 17.7 Å². The number of ether oxygens (including phenoxy) is 1. The Balaban J connectivity index is 3.05. The fourth-order valence-electron chi connectivity index (χ4n) is 1.21. The van der Waals surface area contributed by atoms with Crippen LogP contribution in [0.15, 0.2) is 23.1 Å². The molecule has 1 aromatic rings. The van der Waals surface area contributed by atoms with Gasteiger partial charge in [-0.1, -0.05) is 6.07 Å². The number of carbonyl (C=O) groups is 1. The van der Waals surface area contributed by atoms with Crippen molar-refractivity contribution in [2.45, 2.75) is 18.5 Å². The zero-order chi connectivity index (χ0) is 11.3. The van der Waals surface area contributed by atoms with Crippen molar-refractivity contribution in [3.05, 3.63) is 29.3 Å². The molecule has 0 spiro atoms. The summed E-state index contributed by atoms with van der Waals surface area (Å²) >= 11 is 1.45. The van der Waals surface area contributed by atoms with Crippen LogP contribution in [0.2, 0.25) is 0 Å². The van der Waals surface area contributed by atoms with E-state index in [-0.39, 0.29) is 0 Å². The first kappa shape index (κ1) is 12.0. The summed E-state index contributed by atoms with van der Waals surface area (Å²) in [6.45, 7) is 1.50. The Morgan fingerprint density at radius 2 is 2.27 bits per heavy atom. The van der Waals surface area contributed by atoms with Crippen molar-refractivity contribution in [2.75, 3.05) is 12.9 Å². The summed E-state index contributed by atoms with van der Waals surface area (Å²) in [4.78, 5) is 12.3. The topological polar surface area (TPSA) is 26.3 Å². The van der Waals surface area contributed by atoms with Gasteiger partial charge in [0.05, 0.1) is 12.2 Å². The number of hydrogen-bond donors (Lipinski definition) is 0. The summed E-state index contributed by atoms with van der Waals surface area (Å²) in [5, 5.41) is 0. The zero-order valence-corrected chi connectivity index (χ0v) is 9.57. The molecule has 0 fully saturated rings. The lowest BCUT2D eigenvalue weighted by Crippen LogP contribution is -2.06. The second-order valence-corrected chi connectivity index (χ2v) is 3.74. The van der Waals surface area contributed by atoms with Gasteiger partial charge in [0.15, 0.2) is 0 Å². The molecule has 0 atom stereocenters. The normalized spacial score (nSPS) is 10.1. The first-order valence-electron chi connectivity index (χ1n) is 4.63. The maximum Gasteiger partial charge on any atom is 0.339 e. The Morgan fingerprint density at radius 1 is 1.53 bits per heavy atom. The van der Waals surface area contributed by atoms with Crippen molar-refractivity contribution in [3.63, 3.8) is 0 Å². The predicted octanol–water partition coefficient (Wildman–Crippen LogP) is 3.05. The molecule has 0 aliphatic rings. The highest BCUT2D eigenvalue weighted by Gasteiger charge is 2.12. The van der Waals surface area contributed by atoms with Gasteiger partial charge in [-0.3, -0.25) is 0 Å². The standard InChI is InChI=1S/C11H13FO2S/c1-3-14-11(13)9-6-8(7-12)4-5-10(9)15-2/h4-6H,3,7H2,1-2H3. The summed E-state index contributed by atoms with van der Waals surface area (Å²) in [7, 11) is 0. The predicted molar refractivity (Wildman–Crippen MR) is 59.0 cm³/mol. The van der Waals surface area contributed by atoms with Crippen molar-refractivity contribution in [1.82, 2.24) is 0 Å². The summed E-state index contributed by atoms with van der Waals surface area (Å²) in [6.07, 6.45) is 1.87. The first-order chi connectivity index (χ1) is 7.22. The van der Waals surface area contributed by atoms with E-state index in [1.807, 2.05) is 6.26 Å². The maximum atomic E-state index is 12.4. The highest BCUT2D eigenvalue weighted by molar-refractivity contribution is 7.98. The zero-order valence-electron chi connectivity index (χ0n) is 8.75. The van der Waals surface area contributed by atoms with Crippen LogP contribution in [0.1, 0.15) is 22.8 Å². The number of thioether (sulfide) groups is 1. The summed E-state index contributed by atoms with van der Waals surface area (Å²) in [6, 6.07) is 4.96. The minimum Gasteiger partial charge on any atom is -0.462 e. The van der Waals surface area contributed by atoms with E-state index in [4.69, 9.17) is 4.74 Å². The summed E-state index contributed by atoms with van der Waals surface area (Å²) in [5.41, 5.74) is 0.940. The lowest BCUT2D eigenvalue weighted by Gasteiger charge is -2.07. The quantitative estimate of drug-likeness (QED) is 0.585. The Bertz CT molecular complexity index is 352. The number of esters is 1. The molecule has 0 saturated heterocycles. The van der Waals surface area contributed by atoms with Gasteiger partial charge in [-0.2, -0.15) is 0 Å². The third-order valence-electron chi connectivity index (χ3n) is 1.91. The van der Waals surface area contributed by atoms with Gasteiger partial charge in [-0.25, -0.2) is 9.18 Å². The molecule has 0 heterocycles. The molecule has 0 saturated carbocycles. The van der Waals surface area contributed by atoms with E-state index in [2.05, 4.69) is 0 Å². The third-order valence-corrected chi connectivity index (χ3v) is 2.71. The lowest BCUT2D eigenvalue weighted by atomic mass is 10.1. The molecule has 82 valence electrons. The van der Waals surface area contributed by atoms with Crippen molar-refractivity contribution in [1.29, 1.82) is 0 Å². The number of hydrogen-bond acceptors (Lipinski definition) is 3. The van der Waals surface area contributed by atoms with Gasteiger partial charge >= 0.3 is 5.97 Å². The summed E-state index contributed by atoms with van der Waals surface area (Å²) < 4.78 is 17.3. The van der Waals surface area contributed by atoms with E-state index in [0.717, 1.165) is 4.90 Å². The van der Waals surface area contributed by atoms with Crippen molar-refractivity contribution < 1.29 is 13.9 Å². The maximum absolute atomic E-state index is 12.4. The largest absolute Gasteiger partial charge is 0.462 e. The van der Waals surface area contributed by atoms with Gasteiger partial charge in [-0.15, -0.1) is 11.8 Å². The van der Waals surface area contributed by atoms with Gasteiger partial charge in [0.25, 0.3) is 0 Å². The Kier molecular flexibility index (Phi) is 4.62. The lowest BCUT2D eigenvalue weighted by molar-refractivity contribution is 0.0522. The number of benzene rings is 1. The molecule has 0 aliphatic carbocycles. The average Bonchev–Trinajstić information content (AvgIpc) is 2.28. The molecule has 1 rings (SSSR count). The van der Waals surface area contributed by atoms with E-state index in [1.165, 1.54) is 11.8 Å². The number of rotatable bonds is 4. The van der Waals surface area contributed by atoms with Crippen LogP contribution < -0.4 is 0 Å². The molecule has 0 amide bonds. The fraction of sp³-hybridized carbons (Fsp3) is 0.364. The average molecular weight is 228 g/mol. The van der Waals surface area contributed by atoms with Gasteiger partial charge < -0.3 is 4.74 Å². The fourth-order valence-corrected chi connectivity index (χ4v) is 1.77. The monoisotopic (exact) mass is 228 g/mol. The van der Waals surface area contributed by atoms with E-state index >= 15 is 0 Å². The summed E-state index contributed by atoms with van der Waals surface area (Å²) in [5.74, 6) is -0.392.